The second kappa shape index (κ2) is 4.53. The highest BCUT2D eigenvalue weighted by molar-refractivity contribution is 5.70. The fourth-order valence-corrected chi connectivity index (χ4v) is 1.19. The van der Waals surface area contributed by atoms with Crippen molar-refractivity contribution in [3.8, 4) is 11.8 Å². The van der Waals surface area contributed by atoms with Crippen LogP contribution in [0, 0.1) is 11.3 Å². The summed E-state index contributed by atoms with van der Waals surface area (Å²) in [4.78, 5) is 13.8. The van der Waals surface area contributed by atoms with Crippen LogP contribution >= 0.6 is 0 Å². The Bertz CT molecular complexity index is 469. The van der Waals surface area contributed by atoms with Crippen LogP contribution in [0.2, 0.25) is 0 Å². The SMILES string of the molecule is N#Cc1c(O)cnc(CC(=O)O)c1C(F)F. The second-order valence-corrected chi connectivity index (χ2v) is 2.86. The zero-order valence-corrected chi connectivity index (χ0v) is 7.81. The summed E-state index contributed by atoms with van der Waals surface area (Å²) in [6.45, 7) is 0. The third-order valence-corrected chi connectivity index (χ3v) is 1.83. The van der Waals surface area contributed by atoms with E-state index >= 15 is 0 Å². The molecule has 0 radical (unpaired) electrons. The predicted octanol–water partition coefficient (Wildman–Crippen LogP) is 1.22. The Morgan fingerprint density at radius 2 is 2.25 bits per heavy atom. The molecule has 0 bridgehead atoms. The van der Waals surface area contributed by atoms with Gasteiger partial charge in [-0.3, -0.25) is 9.78 Å². The van der Waals surface area contributed by atoms with Gasteiger partial charge in [0.2, 0.25) is 0 Å². The summed E-state index contributed by atoms with van der Waals surface area (Å²) in [6, 6.07) is 1.40. The number of alkyl halides is 2. The van der Waals surface area contributed by atoms with Gasteiger partial charge in [-0.15, -0.1) is 0 Å². The summed E-state index contributed by atoms with van der Waals surface area (Å²) in [5, 5.41) is 26.2. The van der Waals surface area contributed by atoms with Crippen LogP contribution in [-0.2, 0) is 11.2 Å². The van der Waals surface area contributed by atoms with Crippen LogP contribution < -0.4 is 0 Å². The van der Waals surface area contributed by atoms with Crippen LogP contribution in [0.25, 0.3) is 0 Å². The molecule has 7 heteroatoms. The Morgan fingerprint density at radius 3 is 2.69 bits per heavy atom. The molecule has 0 atom stereocenters. The first-order chi connectivity index (χ1) is 7.47. The first kappa shape index (κ1) is 11.8. The van der Waals surface area contributed by atoms with E-state index in [1.54, 1.807) is 0 Å². The van der Waals surface area contributed by atoms with Crippen molar-refractivity contribution in [1.82, 2.24) is 4.98 Å². The van der Waals surface area contributed by atoms with E-state index in [-0.39, 0.29) is 0 Å². The molecule has 1 rings (SSSR count). The van der Waals surface area contributed by atoms with E-state index in [1.807, 2.05) is 0 Å². The number of nitrogens with zero attached hydrogens (tertiary/aromatic N) is 2. The Kier molecular flexibility index (Phi) is 3.35. The molecule has 0 saturated carbocycles. The highest BCUT2D eigenvalue weighted by Gasteiger charge is 2.23. The Morgan fingerprint density at radius 1 is 1.62 bits per heavy atom. The second-order valence-electron chi connectivity index (χ2n) is 2.86. The number of nitriles is 1. The summed E-state index contributed by atoms with van der Waals surface area (Å²) in [5.74, 6) is -2.03. The number of carbonyl (C=O) groups is 1. The molecule has 0 spiro atoms. The van der Waals surface area contributed by atoms with Crippen molar-refractivity contribution in [1.29, 1.82) is 5.26 Å². The lowest BCUT2D eigenvalue weighted by atomic mass is 10.0. The van der Waals surface area contributed by atoms with Gasteiger partial charge >= 0.3 is 5.97 Å². The molecule has 1 heterocycles. The normalized spacial score (nSPS) is 10.1. The van der Waals surface area contributed by atoms with Crippen molar-refractivity contribution < 1.29 is 23.8 Å². The van der Waals surface area contributed by atoms with E-state index in [0.29, 0.717) is 0 Å². The summed E-state index contributed by atoms with van der Waals surface area (Å²) in [6.07, 6.45) is -3.01. The van der Waals surface area contributed by atoms with E-state index in [0.717, 1.165) is 6.20 Å². The third-order valence-electron chi connectivity index (χ3n) is 1.83. The number of halogens is 2. The van der Waals surface area contributed by atoms with Crippen LogP contribution in [0.3, 0.4) is 0 Å². The molecule has 0 aromatic carbocycles. The maximum atomic E-state index is 12.6. The number of pyridine rings is 1. The maximum absolute atomic E-state index is 12.6. The molecule has 0 aliphatic rings. The lowest BCUT2D eigenvalue weighted by Gasteiger charge is -2.08. The highest BCUT2D eigenvalue weighted by Crippen LogP contribution is 2.30. The standard InChI is InChI=1S/C9H6F2N2O3/c10-9(11)8-4(2-12)6(14)3-13-5(8)1-7(15)16/h3,9,14H,1H2,(H,15,16). The average molecular weight is 228 g/mol. The maximum Gasteiger partial charge on any atom is 0.309 e. The molecule has 0 amide bonds. The van der Waals surface area contributed by atoms with Crippen molar-refractivity contribution in [3.63, 3.8) is 0 Å². The molecule has 5 nitrogen and oxygen atoms in total. The highest BCUT2D eigenvalue weighted by atomic mass is 19.3. The zero-order chi connectivity index (χ0) is 12.3. The molecular formula is C9H6F2N2O3. The number of rotatable bonds is 3. The van der Waals surface area contributed by atoms with Crippen LogP contribution in [0.5, 0.6) is 5.75 Å². The van der Waals surface area contributed by atoms with Crippen LogP contribution in [0.1, 0.15) is 23.2 Å². The van der Waals surface area contributed by atoms with E-state index in [2.05, 4.69) is 4.98 Å². The van der Waals surface area contributed by atoms with Gasteiger partial charge in [0.05, 0.1) is 23.9 Å². The molecule has 1 aromatic rings. The number of aromatic nitrogens is 1. The molecule has 0 aliphatic heterocycles. The summed E-state index contributed by atoms with van der Waals surface area (Å²) >= 11 is 0. The molecule has 16 heavy (non-hydrogen) atoms. The van der Waals surface area contributed by atoms with E-state index in [9.17, 15) is 13.6 Å². The fraction of sp³-hybridized carbons (Fsp3) is 0.222. The number of hydrogen-bond donors (Lipinski definition) is 2. The monoisotopic (exact) mass is 228 g/mol. The molecule has 84 valence electrons. The minimum Gasteiger partial charge on any atom is -0.505 e. The number of aromatic hydroxyl groups is 1. The van der Waals surface area contributed by atoms with E-state index in [4.69, 9.17) is 15.5 Å². The van der Waals surface area contributed by atoms with Crippen LogP contribution in [0.15, 0.2) is 6.20 Å². The minimum absolute atomic E-state index is 0.420. The van der Waals surface area contributed by atoms with Gasteiger partial charge in [0.25, 0.3) is 6.43 Å². The Hall–Kier alpha value is -2.23. The molecule has 2 N–H and O–H groups in total. The van der Waals surface area contributed by atoms with Crippen molar-refractivity contribution in [2.75, 3.05) is 0 Å². The van der Waals surface area contributed by atoms with Gasteiger partial charge in [0, 0.05) is 0 Å². The van der Waals surface area contributed by atoms with Gasteiger partial charge in [-0.2, -0.15) is 5.26 Å². The number of hydrogen-bond acceptors (Lipinski definition) is 4. The molecule has 0 saturated heterocycles. The van der Waals surface area contributed by atoms with Gasteiger partial charge in [-0.1, -0.05) is 0 Å². The Balaban J connectivity index is 3.40. The van der Waals surface area contributed by atoms with Crippen molar-refractivity contribution >= 4 is 5.97 Å². The lowest BCUT2D eigenvalue weighted by Crippen LogP contribution is -2.08. The third kappa shape index (κ3) is 2.23. The molecular weight excluding hydrogens is 222 g/mol. The summed E-state index contributed by atoms with van der Waals surface area (Å²) in [7, 11) is 0. The average Bonchev–Trinajstić information content (AvgIpc) is 2.18. The topological polar surface area (TPSA) is 94.2 Å². The largest absolute Gasteiger partial charge is 0.505 e. The fourth-order valence-electron chi connectivity index (χ4n) is 1.19. The molecule has 0 fully saturated rings. The molecule has 0 aliphatic carbocycles. The predicted molar refractivity (Wildman–Crippen MR) is 46.9 cm³/mol. The zero-order valence-electron chi connectivity index (χ0n) is 7.81. The van der Waals surface area contributed by atoms with Gasteiger partial charge in [-0.05, 0) is 0 Å². The van der Waals surface area contributed by atoms with Crippen molar-refractivity contribution in [3.05, 3.63) is 23.0 Å². The van der Waals surface area contributed by atoms with Gasteiger partial charge in [0.1, 0.15) is 11.6 Å². The Labute approximate surface area is 88.6 Å². The lowest BCUT2D eigenvalue weighted by molar-refractivity contribution is -0.136. The quantitative estimate of drug-likeness (QED) is 0.811. The van der Waals surface area contributed by atoms with E-state index < -0.39 is 41.4 Å². The van der Waals surface area contributed by atoms with Crippen molar-refractivity contribution in [2.45, 2.75) is 12.8 Å². The minimum atomic E-state index is -3.07. The number of carboxylic acids is 1. The van der Waals surface area contributed by atoms with Gasteiger partial charge in [-0.25, -0.2) is 8.78 Å². The van der Waals surface area contributed by atoms with E-state index in [1.165, 1.54) is 6.07 Å². The first-order valence-corrected chi connectivity index (χ1v) is 4.08. The smallest absolute Gasteiger partial charge is 0.309 e. The summed E-state index contributed by atoms with van der Waals surface area (Å²) < 4.78 is 25.2. The summed E-state index contributed by atoms with van der Waals surface area (Å²) in [5.41, 5.74) is -1.89. The number of aliphatic carboxylic acids is 1. The number of carboxylic acid groups (broad SMARTS) is 1. The first-order valence-electron chi connectivity index (χ1n) is 4.08. The van der Waals surface area contributed by atoms with Gasteiger partial charge < -0.3 is 10.2 Å². The van der Waals surface area contributed by atoms with Crippen LogP contribution in [0.4, 0.5) is 8.78 Å². The molecule has 1 aromatic heterocycles. The van der Waals surface area contributed by atoms with Crippen molar-refractivity contribution in [2.24, 2.45) is 0 Å². The molecule has 0 unspecified atom stereocenters. The van der Waals surface area contributed by atoms with Crippen LogP contribution in [-0.4, -0.2) is 21.2 Å². The van der Waals surface area contributed by atoms with Gasteiger partial charge in [0.15, 0.2) is 5.75 Å².